The predicted molar refractivity (Wildman–Crippen MR) is 57.1 cm³/mol. The van der Waals surface area contributed by atoms with Crippen molar-refractivity contribution in [3.63, 3.8) is 0 Å². The van der Waals surface area contributed by atoms with Crippen LogP contribution >= 0.6 is 12.4 Å². The molecule has 0 fully saturated rings. The number of ether oxygens (including phenoxy) is 1. The summed E-state index contributed by atoms with van der Waals surface area (Å²) in [7, 11) is 1.71. The minimum absolute atomic E-state index is 0. The second kappa shape index (κ2) is 4.38. The lowest BCUT2D eigenvalue weighted by atomic mass is 10.0. The van der Waals surface area contributed by atoms with Crippen molar-refractivity contribution >= 4 is 18.1 Å². The van der Waals surface area contributed by atoms with Crippen molar-refractivity contribution in [3.8, 4) is 5.75 Å². The predicted octanol–water partition coefficient (Wildman–Crippen LogP) is 2.48. The van der Waals surface area contributed by atoms with Crippen LogP contribution in [0.15, 0.2) is 18.2 Å². The molecular formula is C10H14ClNO. The van der Waals surface area contributed by atoms with Gasteiger partial charge in [-0.05, 0) is 36.6 Å². The Morgan fingerprint density at radius 2 is 2.23 bits per heavy atom. The zero-order valence-corrected chi connectivity index (χ0v) is 8.49. The fraction of sp³-hybridized carbons (Fsp3) is 0.400. The van der Waals surface area contributed by atoms with Crippen molar-refractivity contribution in [2.24, 2.45) is 0 Å². The number of halogens is 1. The van der Waals surface area contributed by atoms with Crippen LogP contribution in [-0.2, 0) is 6.42 Å². The third-order valence-electron chi connectivity index (χ3n) is 2.25. The van der Waals surface area contributed by atoms with E-state index in [1.807, 2.05) is 6.07 Å². The van der Waals surface area contributed by atoms with Gasteiger partial charge in [0, 0.05) is 12.2 Å². The molecule has 1 heterocycles. The summed E-state index contributed by atoms with van der Waals surface area (Å²) in [6, 6.07) is 6.20. The Bertz CT molecular complexity index is 288. The van der Waals surface area contributed by atoms with Crippen LogP contribution < -0.4 is 10.1 Å². The number of hydrogen-bond donors (Lipinski definition) is 1. The van der Waals surface area contributed by atoms with E-state index in [0.29, 0.717) is 0 Å². The minimum Gasteiger partial charge on any atom is -0.497 e. The van der Waals surface area contributed by atoms with E-state index in [1.165, 1.54) is 24.1 Å². The minimum atomic E-state index is 0. The summed E-state index contributed by atoms with van der Waals surface area (Å²) < 4.78 is 5.15. The van der Waals surface area contributed by atoms with Crippen LogP contribution in [0.1, 0.15) is 12.0 Å². The van der Waals surface area contributed by atoms with Gasteiger partial charge in [-0.15, -0.1) is 12.4 Å². The summed E-state index contributed by atoms with van der Waals surface area (Å²) in [6.07, 6.45) is 2.39. The van der Waals surface area contributed by atoms with E-state index in [-0.39, 0.29) is 12.4 Å². The zero-order chi connectivity index (χ0) is 8.39. The number of fused-ring (bicyclic) bond motifs is 1. The third kappa shape index (κ3) is 2.07. The molecule has 0 spiro atoms. The molecule has 0 bridgehead atoms. The number of anilines is 1. The molecule has 2 rings (SSSR count). The number of rotatable bonds is 1. The molecule has 0 atom stereocenters. The molecule has 1 N–H and O–H groups in total. The molecule has 0 amide bonds. The van der Waals surface area contributed by atoms with Gasteiger partial charge in [-0.2, -0.15) is 0 Å². The Morgan fingerprint density at radius 3 is 3.00 bits per heavy atom. The number of hydrogen-bond acceptors (Lipinski definition) is 2. The van der Waals surface area contributed by atoms with Crippen LogP contribution in [0.25, 0.3) is 0 Å². The first-order chi connectivity index (χ1) is 5.90. The zero-order valence-electron chi connectivity index (χ0n) is 7.67. The fourth-order valence-corrected chi connectivity index (χ4v) is 1.58. The topological polar surface area (TPSA) is 21.3 Å². The molecule has 1 aliphatic rings. The maximum absolute atomic E-state index is 5.15. The summed E-state index contributed by atoms with van der Waals surface area (Å²) in [5, 5.41) is 3.36. The van der Waals surface area contributed by atoms with E-state index in [2.05, 4.69) is 17.4 Å². The van der Waals surface area contributed by atoms with E-state index < -0.39 is 0 Å². The summed E-state index contributed by atoms with van der Waals surface area (Å²) in [5.41, 5.74) is 2.64. The van der Waals surface area contributed by atoms with Gasteiger partial charge in [0.05, 0.1) is 7.11 Å². The maximum Gasteiger partial charge on any atom is 0.119 e. The lowest BCUT2D eigenvalue weighted by Crippen LogP contribution is -2.11. The first kappa shape index (κ1) is 10.2. The number of methoxy groups -OCH3 is 1. The second-order valence-corrected chi connectivity index (χ2v) is 3.05. The summed E-state index contributed by atoms with van der Waals surface area (Å²) in [5.74, 6) is 0.956. The average Bonchev–Trinajstić information content (AvgIpc) is 2.17. The molecule has 13 heavy (non-hydrogen) atoms. The summed E-state index contributed by atoms with van der Waals surface area (Å²) >= 11 is 0. The molecule has 0 radical (unpaired) electrons. The van der Waals surface area contributed by atoms with Crippen LogP contribution in [0.5, 0.6) is 5.75 Å². The standard InChI is InChI=1S/C10H13NO.ClH/c1-12-9-4-5-10-8(7-9)3-2-6-11-10;/h4-5,7,11H,2-3,6H2,1H3;1H. The summed E-state index contributed by atoms with van der Waals surface area (Å²) in [4.78, 5) is 0. The van der Waals surface area contributed by atoms with E-state index in [1.54, 1.807) is 7.11 Å². The molecule has 0 saturated carbocycles. The van der Waals surface area contributed by atoms with E-state index in [4.69, 9.17) is 4.74 Å². The van der Waals surface area contributed by atoms with Crippen molar-refractivity contribution in [1.82, 2.24) is 0 Å². The SMILES string of the molecule is COc1ccc2c(c1)CCCN2.Cl. The molecule has 3 heteroatoms. The highest BCUT2D eigenvalue weighted by molar-refractivity contribution is 5.85. The van der Waals surface area contributed by atoms with Gasteiger partial charge >= 0.3 is 0 Å². The first-order valence-corrected chi connectivity index (χ1v) is 4.31. The van der Waals surface area contributed by atoms with Gasteiger partial charge in [0.25, 0.3) is 0 Å². The van der Waals surface area contributed by atoms with Crippen LogP contribution in [0.4, 0.5) is 5.69 Å². The van der Waals surface area contributed by atoms with Gasteiger partial charge in [-0.25, -0.2) is 0 Å². The van der Waals surface area contributed by atoms with Crippen molar-refractivity contribution in [3.05, 3.63) is 23.8 Å². The fourth-order valence-electron chi connectivity index (χ4n) is 1.58. The Kier molecular flexibility index (Phi) is 3.43. The van der Waals surface area contributed by atoms with E-state index in [0.717, 1.165) is 12.3 Å². The van der Waals surface area contributed by atoms with Crippen LogP contribution in [-0.4, -0.2) is 13.7 Å². The number of nitrogens with one attached hydrogen (secondary N) is 1. The normalized spacial score (nSPS) is 13.6. The van der Waals surface area contributed by atoms with Gasteiger partial charge in [-0.3, -0.25) is 0 Å². The molecule has 1 aromatic carbocycles. The van der Waals surface area contributed by atoms with Crippen LogP contribution in [0.2, 0.25) is 0 Å². The van der Waals surface area contributed by atoms with Gasteiger partial charge in [0.2, 0.25) is 0 Å². The molecule has 0 saturated heterocycles. The highest BCUT2D eigenvalue weighted by Crippen LogP contribution is 2.25. The maximum atomic E-state index is 5.15. The highest BCUT2D eigenvalue weighted by Gasteiger charge is 2.08. The van der Waals surface area contributed by atoms with Crippen molar-refractivity contribution in [2.75, 3.05) is 19.0 Å². The Labute approximate surface area is 84.7 Å². The first-order valence-electron chi connectivity index (χ1n) is 4.31. The number of aryl methyl sites for hydroxylation is 1. The lowest BCUT2D eigenvalue weighted by Gasteiger charge is -2.18. The van der Waals surface area contributed by atoms with Crippen molar-refractivity contribution in [2.45, 2.75) is 12.8 Å². The highest BCUT2D eigenvalue weighted by atomic mass is 35.5. The van der Waals surface area contributed by atoms with Gasteiger partial charge in [-0.1, -0.05) is 0 Å². The van der Waals surface area contributed by atoms with Gasteiger partial charge < -0.3 is 10.1 Å². The Hall–Kier alpha value is -0.890. The Balaban J connectivity index is 0.000000845. The molecule has 1 aliphatic heterocycles. The van der Waals surface area contributed by atoms with Crippen molar-refractivity contribution < 1.29 is 4.74 Å². The largest absolute Gasteiger partial charge is 0.497 e. The van der Waals surface area contributed by atoms with Gasteiger partial charge in [0.15, 0.2) is 0 Å². The number of benzene rings is 1. The van der Waals surface area contributed by atoms with E-state index in [9.17, 15) is 0 Å². The summed E-state index contributed by atoms with van der Waals surface area (Å²) in [6.45, 7) is 1.10. The third-order valence-corrected chi connectivity index (χ3v) is 2.25. The molecule has 0 aromatic heterocycles. The monoisotopic (exact) mass is 199 g/mol. The van der Waals surface area contributed by atoms with Crippen LogP contribution in [0.3, 0.4) is 0 Å². The molecule has 2 nitrogen and oxygen atoms in total. The van der Waals surface area contributed by atoms with Crippen LogP contribution in [0, 0.1) is 0 Å². The molecular weight excluding hydrogens is 186 g/mol. The molecule has 1 aromatic rings. The Morgan fingerprint density at radius 1 is 1.38 bits per heavy atom. The smallest absolute Gasteiger partial charge is 0.119 e. The average molecular weight is 200 g/mol. The quantitative estimate of drug-likeness (QED) is 0.751. The molecule has 0 unspecified atom stereocenters. The van der Waals surface area contributed by atoms with E-state index >= 15 is 0 Å². The van der Waals surface area contributed by atoms with Crippen molar-refractivity contribution in [1.29, 1.82) is 0 Å². The molecule has 72 valence electrons. The second-order valence-electron chi connectivity index (χ2n) is 3.05. The van der Waals surface area contributed by atoms with Gasteiger partial charge in [0.1, 0.15) is 5.75 Å². The lowest BCUT2D eigenvalue weighted by molar-refractivity contribution is 0.414. The molecule has 0 aliphatic carbocycles.